The van der Waals surface area contributed by atoms with E-state index in [1.807, 2.05) is 5.32 Å². The smallest absolute Gasteiger partial charge is 0.427 e. The SMILES string of the molecule is C=CCC(OCC1=CCCC=C1)(C(=O)NNC(=O)c1nc(Br)c(C(F)(F)F)cc1NC(=O)OC(C)(C)C)C(F)(F)F. The van der Waals surface area contributed by atoms with Crippen LogP contribution in [-0.2, 0) is 20.4 Å². The van der Waals surface area contributed by atoms with Gasteiger partial charge in [-0.1, -0.05) is 24.3 Å². The van der Waals surface area contributed by atoms with Gasteiger partial charge in [-0.15, -0.1) is 6.58 Å². The van der Waals surface area contributed by atoms with Crippen molar-refractivity contribution in [2.75, 3.05) is 11.9 Å². The van der Waals surface area contributed by atoms with Crippen LogP contribution in [0, 0.1) is 0 Å². The first-order valence-electron chi connectivity index (χ1n) is 11.9. The van der Waals surface area contributed by atoms with E-state index in [1.165, 1.54) is 20.8 Å². The summed E-state index contributed by atoms with van der Waals surface area (Å²) in [4.78, 5) is 41.4. The maximum atomic E-state index is 14.2. The molecule has 2 rings (SSSR count). The van der Waals surface area contributed by atoms with Crippen molar-refractivity contribution in [1.82, 2.24) is 15.8 Å². The number of hydrazine groups is 1. The van der Waals surface area contributed by atoms with Crippen molar-refractivity contribution in [3.8, 4) is 0 Å². The summed E-state index contributed by atoms with van der Waals surface area (Å²) < 4.78 is 92.1. The minimum absolute atomic E-state index is 0.365. The summed E-state index contributed by atoms with van der Waals surface area (Å²) in [6, 6.07) is 0.365. The van der Waals surface area contributed by atoms with Crippen LogP contribution in [-0.4, -0.2) is 46.9 Å². The van der Waals surface area contributed by atoms with Crippen LogP contribution in [0.5, 0.6) is 0 Å². The van der Waals surface area contributed by atoms with Crippen molar-refractivity contribution in [3.63, 3.8) is 0 Å². The van der Waals surface area contributed by atoms with E-state index in [9.17, 15) is 40.7 Å². The molecule has 1 aromatic heterocycles. The quantitative estimate of drug-likeness (QED) is 0.134. The van der Waals surface area contributed by atoms with Gasteiger partial charge in [0.25, 0.3) is 11.8 Å². The minimum Gasteiger partial charge on any atom is -0.444 e. The number of carbonyl (C=O) groups excluding carboxylic acids is 3. The van der Waals surface area contributed by atoms with Crippen LogP contribution in [0.3, 0.4) is 0 Å². The predicted octanol–water partition coefficient (Wildman–Crippen LogP) is 6.14. The molecule has 41 heavy (non-hydrogen) atoms. The Morgan fingerprint density at radius 1 is 1.10 bits per heavy atom. The molecule has 0 spiro atoms. The number of rotatable bonds is 8. The number of aromatic nitrogens is 1. The molecule has 226 valence electrons. The van der Waals surface area contributed by atoms with E-state index in [0.29, 0.717) is 24.5 Å². The number of amides is 3. The molecule has 3 amide bonds. The molecule has 9 nitrogen and oxygen atoms in total. The normalized spacial score (nSPS) is 15.3. The molecule has 3 N–H and O–H groups in total. The summed E-state index contributed by atoms with van der Waals surface area (Å²) in [5.74, 6) is -3.31. The average molecular weight is 657 g/mol. The number of hydrogen-bond acceptors (Lipinski definition) is 6. The Hall–Kier alpha value is -3.40. The Morgan fingerprint density at radius 3 is 2.27 bits per heavy atom. The van der Waals surface area contributed by atoms with Gasteiger partial charge in [-0.3, -0.25) is 25.8 Å². The van der Waals surface area contributed by atoms with Gasteiger partial charge >= 0.3 is 18.4 Å². The van der Waals surface area contributed by atoms with Gasteiger partial charge in [0.1, 0.15) is 10.2 Å². The lowest BCUT2D eigenvalue weighted by Crippen LogP contribution is -2.61. The Kier molecular flexibility index (Phi) is 10.8. The zero-order valence-electron chi connectivity index (χ0n) is 22.1. The molecule has 0 saturated carbocycles. The number of nitrogens with one attached hydrogen (secondary N) is 3. The van der Waals surface area contributed by atoms with Crippen molar-refractivity contribution < 1.29 is 50.2 Å². The van der Waals surface area contributed by atoms with Gasteiger partial charge in [-0.2, -0.15) is 26.3 Å². The molecule has 1 unspecified atom stereocenters. The van der Waals surface area contributed by atoms with Crippen LogP contribution >= 0.6 is 15.9 Å². The number of allylic oxidation sites excluding steroid dienone is 2. The fourth-order valence-corrected chi connectivity index (χ4v) is 3.89. The Bertz CT molecular complexity index is 1240. The molecule has 1 heterocycles. The molecule has 1 aliphatic carbocycles. The highest BCUT2D eigenvalue weighted by Gasteiger charge is 2.61. The van der Waals surface area contributed by atoms with E-state index in [4.69, 9.17) is 9.47 Å². The van der Waals surface area contributed by atoms with E-state index < -0.39 is 76.0 Å². The van der Waals surface area contributed by atoms with Gasteiger partial charge in [0, 0.05) is 6.42 Å². The number of pyridine rings is 1. The van der Waals surface area contributed by atoms with Gasteiger partial charge in [0.15, 0.2) is 5.69 Å². The Labute approximate surface area is 239 Å². The van der Waals surface area contributed by atoms with Crippen molar-refractivity contribution >= 4 is 39.5 Å². The number of ether oxygens (including phenoxy) is 2. The Balaban J connectivity index is 2.37. The van der Waals surface area contributed by atoms with Crippen molar-refractivity contribution in [2.45, 2.75) is 63.6 Å². The molecule has 0 radical (unpaired) electrons. The molecular weight excluding hydrogens is 630 g/mol. The molecule has 0 aliphatic heterocycles. The van der Waals surface area contributed by atoms with Gasteiger partial charge < -0.3 is 9.47 Å². The molecule has 0 saturated heterocycles. The van der Waals surface area contributed by atoms with E-state index in [1.54, 1.807) is 29.1 Å². The molecule has 1 aromatic rings. The maximum Gasteiger partial charge on any atom is 0.427 e. The third-order valence-electron chi connectivity index (χ3n) is 5.24. The third-order valence-corrected chi connectivity index (χ3v) is 5.84. The van der Waals surface area contributed by atoms with Crippen LogP contribution in [0.4, 0.5) is 36.8 Å². The molecule has 0 fully saturated rings. The highest BCUT2D eigenvalue weighted by Crippen LogP contribution is 2.38. The second-order valence-electron chi connectivity index (χ2n) is 9.62. The van der Waals surface area contributed by atoms with Crippen LogP contribution in [0.15, 0.2) is 47.1 Å². The number of halogens is 7. The lowest BCUT2D eigenvalue weighted by Gasteiger charge is -2.33. The number of carbonyl (C=O) groups is 3. The molecule has 0 aromatic carbocycles. The first kappa shape index (κ1) is 33.8. The van der Waals surface area contributed by atoms with Gasteiger partial charge in [0.05, 0.1) is 17.9 Å². The molecular formula is C25H27BrF6N4O5. The summed E-state index contributed by atoms with van der Waals surface area (Å²) >= 11 is 2.58. The summed E-state index contributed by atoms with van der Waals surface area (Å²) in [5.41, 5.74) is -3.98. The standard InChI is InChI=1S/C25H27BrF6N4O5/c1-5-11-23(25(30,31)32,40-13-14-9-7-6-8-10-14)20(38)36-35-19(37)17-16(33-21(39)41-22(2,3)4)12-15(18(26)34-17)24(27,28)29/h5,7,9-10,12H,1,6,8,11,13H2,2-4H3,(H,33,39)(H,35,37)(H,36,38). The maximum absolute atomic E-state index is 14.2. The molecule has 1 atom stereocenters. The van der Waals surface area contributed by atoms with Crippen molar-refractivity contribution in [2.24, 2.45) is 0 Å². The summed E-state index contributed by atoms with van der Waals surface area (Å²) in [7, 11) is 0. The van der Waals surface area contributed by atoms with Gasteiger partial charge in [-0.25, -0.2) is 9.78 Å². The number of anilines is 1. The monoisotopic (exact) mass is 656 g/mol. The second-order valence-corrected chi connectivity index (χ2v) is 10.4. The van der Waals surface area contributed by atoms with Crippen LogP contribution in [0.25, 0.3) is 0 Å². The summed E-state index contributed by atoms with van der Waals surface area (Å²) in [6.45, 7) is 7.06. The summed E-state index contributed by atoms with van der Waals surface area (Å²) in [5, 5.41) is 1.96. The van der Waals surface area contributed by atoms with E-state index in [-0.39, 0.29) is 0 Å². The first-order valence-corrected chi connectivity index (χ1v) is 12.7. The fraction of sp³-hybridized carbons (Fsp3) is 0.440. The Morgan fingerprint density at radius 2 is 1.76 bits per heavy atom. The lowest BCUT2D eigenvalue weighted by molar-refractivity contribution is -0.264. The van der Waals surface area contributed by atoms with E-state index in [0.717, 1.165) is 6.08 Å². The highest BCUT2D eigenvalue weighted by molar-refractivity contribution is 9.10. The van der Waals surface area contributed by atoms with E-state index >= 15 is 0 Å². The molecule has 1 aliphatic rings. The van der Waals surface area contributed by atoms with Crippen molar-refractivity contribution in [3.05, 3.63) is 58.4 Å². The van der Waals surface area contributed by atoms with Crippen LogP contribution in [0.1, 0.15) is 56.1 Å². The average Bonchev–Trinajstić information content (AvgIpc) is 2.83. The largest absolute Gasteiger partial charge is 0.444 e. The lowest BCUT2D eigenvalue weighted by atomic mass is 9.97. The zero-order chi connectivity index (χ0) is 31.2. The van der Waals surface area contributed by atoms with Crippen LogP contribution < -0.4 is 16.2 Å². The third kappa shape index (κ3) is 9.05. The van der Waals surface area contributed by atoms with E-state index in [2.05, 4.69) is 27.5 Å². The minimum atomic E-state index is -5.28. The van der Waals surface area contributed by atoms with Crippen molar-refractivity contribution in [1.29, 1.82) is 0 Å². The number of alkyl halides is 6. The molecule has 16 heteroatoms. The van der Waals surface area contributed by atoms with Crippen LogP contribution in [0.2, 0.25) is 0 Å². The van der Waals surface area contributed by atoms with Gasteiger partial charge in [0.2, 0.25) is 5.60 Å². The first-order chi connectivity index (χ1) is 18.8. The number of hydrogen-bond donors (Lipinski definition) is 3. The van der Waals surface area contributed by atoms with Gasteiger partial charge in [-0.05, 0) is 61.2 Å². The topological polar surface area (TPSA) is 119 Å². The zero-order valence-corrected chi connectivity index (χ0v) is 23.6. The highest BCUT2D eigenvalue weighted by atomic mass is 79.9. The number of nitrogens with zero attached hydrogens (tertiary/aromatic N) is 1. The molecule has 0 bridgehead atoms. The summed E-state index contributed by atoms with van der Waals surface area (Å²) in [6.07, 6.45) is -5.59. The second kappa shape index (κ2) is 13.1. The predicted molar refractivity (Wildman–Crippen MR) is 138 cm³/mol. The fourth-order valence-electron chi connectivity index (χ4n) is 3.37.